The van der Waals surface area contributed by atoms with Gasteiger partial charge in [-0.15, -0.1) is 0 Å². The zero-order valence-electron chi connectivity index (χ0n) is 12.3. The predicted octanol–water partition coefficient (Wildman–Crippen LogP) is 1.82. The molecule has 0 aliphatic carbocycles. The fourth-order valence-electron chi connectivity index (χ4n) is 1.84. The highest BCUT2D eigenvalue weighted by Crippen LogP contribution is 2.09. The van der Waals surface area contributed by atoms with Crippen molar-refractivity contribution in [2.24, 2.45) is 0 Å². The van der Waals surface area contributed by atoms with E-state index in [1.807, 2.05) is 43.1 Å². The van der Waals surface area contributed by atoms with Crippen molar-refractivity contribution in [3.63, 3.8) is 0 Å². The average Bonchev–Trinajstić information content (AvgIpc) is 2.38. The Morgan fingerprint density at radius 2 is 2.10 bits per heavy atom. The van der Waals surface area contributed by atoms with Crippen molar-refractivity contribution >= 4 is 17.6 Å². The van der Waals surface area contributed by atoms with Crippen LogP contribution in [0.5, 0.6) is 0 Å². The van der Waals surface area contributed by atoms with Gasteiger partial charge in [-0.2, -0.15) is 0 Å². The Labute approximate surface area is 119 Å². The van der Waals surface area contributed by atoms with E-state index < -0.39 is 0 Å². The zero-order chi connectivity index (χ0) is 15.0. The highest BCUT2D eigenvalue weighted by atomic mass is 16.5. The second-order valence-electron chi connectivity index (χ2n) is 4.84. The first-order valence-corrected chi connectivity index (χ1v) is 6.63. The van der Waals surface area contributed by atoms with Crippen LogP contribution in [0, 0.1) is 6.92 Å². The molecule has 110 valence electrons. The molecule has 0 spiro atoms. The number of rotatable bonds is 7. The maximum atomic E-state index is 11.8. The molecule has 0 fully saturated rings. The number of carbonyl (C=O) groups is 2. The second kappa shape index (κ2) is 8.32. The van der Waals surface area contributed by atoms with E-state index in [-0.39, 0.29) is 11.9 Å². The number of hydrogen-bond donors (Lipinski definition) is 1. The van der Waals surface area contributed by atoms with Gasteiger partial charge in [-0.25, -0.2) is 0 Å². The Morgan fingerprint density at radius 3 is 2.75 bits per heavy atom. The molecule has 0 heterocycles. The van der Waals surface area contributed by atoms with Gasteiger partial charge in [-0.1, -0.05) is 12.1 Å². The minimum Gasteiger partial charge on any atom is -0.469 e. The molecule has 0 aromatic heterocycles. The molecular formula is C15H22N2O3. The van der Waals surface area contributed by atoms with Crippen LogP contribution in [0.3, 0.4) is 0 Å². The summed E-state index contributed by atoms with van der Waals surface area (Å²) in [6.45, 7) is 2.96. The van der Waals surface area contributed by atoms with E-state index in [2.05, 4.69) is 10.1 Å². The lowest BCUT2D eigenvalue weighted by Crippen LogP contribution is -2.31. The first kappa shape index (κ1) is 16.2. The monoisotopic (exact) mass is 278 g/mol. The highest BCUT2D eigenvalue weighted by molar-refractivity contribution is 5.92. The average molecular weight is 278 g/mol. The summed E-state index contributed by atoms with van der Waals surface area (Å²) in [7, 11) is 3.23. The first-order valence-electron chi connectivity index (χ1n) is 6.63. The number of hydrogen-bond acceptors (Lipinski definition) is 4. The molecule has 0 bridgehead atoms. The van der Waals surface area contributed by atoms with Gasteiger partial charge >= 0.3 is 5.97 Å². The van der Waals surface area contributed by atoms with Gasteiger partial charge in [0.05, 0.1) is 13.7 Å². The fraction of sp³-hybridized carbons (Fsp3) is 0.467. The summed E-state index contributed by atoms with van der Waals surface area (Å²) in [5, 5.41) is 2.85. The molecule has 0 saturated carbocycles. The van der Waals surface area contributed by atoms with E-state index in [9.17, 15) is 9.59 Å². The molecular weight excluding hydrogens is 256 g/mol. The third kappa shape index (κ3) is 6.33. The lowest BCUT2D eigenvalue weighted by molar-refractivity contribution is -0.140. The molecule has 0 aliphatic rings. The van der Waals surface area contributed by atoms with Crippen LogP contribution < -0.4 is 5.32 Å². The van der Waals surface area contributed by atoms with Gasteiger partial charge < -0.3 is 10.1 Å². The Balaban J connectivity index is 2.29. The molecule has 1 N–H and O–H groups in total. The van der Waals surface area contributed by atoms with Crippen LogP contribution in [0.2, 0.25) is 0 Å². The van der Waals surface area contributed by atoms with Crippen molar-refractivity contribution < 1.29 is 14.3 Å². The van der Waals surface area contributed by atoms with Crippen LogP contribution in [-0.2, 0) is 14.3 Å². The molecule has 0 saturated heterocycles. The topological polar surface area (TPSA) is 58.6 Å². The number of methoxy groups -OCH3 is 1. The maximum Gasteiger partial charge on any atom is 0.305 e. The number of ether oxygens (including phenoxy) is 1. The largest absolute Gasteiger partial charge is 0.469 e. The summed E-state index contributed by atoms with van der Waals surface area (Å²) < 4.78 is 4.57. The van der Waals surface area contributed by atoms with E-state index in [4.69, 9.17) is 0 Å². The minimum absolute atomic E-state index is 0.0591. The van der Waals surface area contributed by atoms with Crippen LogP contribution in [0.4, 0.5) is 5.69 Å². The number of aryl methyl sites for hydroxylation is 1. The summed E-state index contributed by atoms with van der Waals surface area (Å²) >= 11 is 0. The summed E-state index contributed by atoms with van der Waals surface area (Å²) in [6, 6.07) is 7.68. The Morgan fingerprint density at radius 1 is 1.35 bits per heavy atom. The van der Waals surface area contributed by atoms with Gasteiger partial charge in [-0.05, 0) is 44.6 Å². The summed E-state index contributed by atoms with van der Waals surface area (Å²) in [4.78, 5) is 24.7. The van der Waals surface area contributed by atoms with E-state index in [0.717, 1.165) is 11.3 Å². The SMILES string of the molecule is COC(=O)CCCN(C)CC(=O)Nc1cccc(C)c1. The third-order valence-corrected chi connectivity index (χ3v) is 2.86. The second-order valence-corrected chi connectivity index (χ2v) is 4.84. The van der Waals surface area contributed by atoms with Gasteiger partial charge in [0.2, 0.25) is 5.91 Å². The Hall–Kier alpha value is -1.88. The van der Waals surface area contributed by atoms with Crippen molar-refractivity contribution in [2.45, 2.75) is 19.8 Å². The number of benzene rings is 1. The smallest absolute Gasteiger partial charge is 0.305 e. The molecule has 0 unspecified atom stereocenters. The van der Waals surface area contributed by atoms with Crippen LogP contribution in [-0.4, -0.2) is 44.0 Å². The van der Waals surface area contributed by atoms with Gasteiger partial charge in [0, 0.05) is 12.1 Å². The molecule has 1 rings (SSSR count). The Kier molecular flexibility index (Phi) is 6.73. The standard InChI is InChI=1S/C15H22N2O3/c1-12-6-4-7-13(10-12)16-14(18)11-17(2)9-5-8-15(19)20-3/h4,6-7,10H,5,8-9,11H2,1-3H3,(H,16,18). The van der Waals surface area contributed by atoms with Gasteiger partial charge in [0.25, 0.3) is 0 Å². The van der Waals surface area contributed by atoms with Crippen LogP contribution >= 0.6 is 0 Å². The molecule has 20 heavy (non-hydrogen) atoms. The summed E-state index contributed by atoms with van der Waals surface area (Å²) in [5.74, 6) is -0.279. The van der Waals surface area contributed by atoms with E-state index in [1.165, 1.54) is 7.11 Å². The minimum atomic E-state index is -0.220. The molecule has 0 atom stereocenters. The van der Waals surface area contributed by atoms with Crippen LogP contribution in [0.25, 0.3) is 0 Å². The molecule has 5 heteroatoms. The zero-order valence-corrected chi connectivity index (χ0v) is 12.3. The van der Waals surface area contributed by atoms with Crippen molar-refractivity contribution in [1.82, 2.24) is 4.90 Å². The number of likely N-dealkylation sites (N-methyl/N-ethyl adjacent to an activating group) is 1. The number of anilines is 1. The number of carbonyl (C=O) groups excluding carboxylic acids is 2. The lowest BCUT2D eigenvalue weighted by atomic mass is 10.2. The first-order chi connectivity index (χ1) is 9.51. The Bertz CT molecular complexity index is 460. The molecule has 0 radical (unpaired) electrons. The highest BCUT2D eigenvalue weighted by Gasteiger charge is 2.08. The van der Waals surface area contributed by atoms with Crippen LogP contribution in [0.1, 0.15) is 18.4 Å². The van der Waals surface area contributed by atoms with Gasteiger partial charge in [0.1, 0.15) is 0 Å². The van der Waals surface area contributed by atoms with Crippen molar-refractivity contribution in [2.75, 3.05) is 32.6 Å². The van der Waals surface area contributed by atoms with Gasteiger partial charge in [-0.3, -0.25) is 14.5 Å². The van der Waals surface area contributed by atoms with E-state index in [1.54, 1.807) is 0 Å². The van der Waals surface area contributed by atoms with Crippen molar-refractivity contribution in [3.8, 4) is 0 Å². The summed E-state index contributed by atoms with van der Waals surface area (Å²) in [6.07, 6.45) is 1.06. The molecule has 1 amide bonds. The molecule has 5 nitrogen and oxygen atoms in total. The fourth-order valence-corrected chi connectivity index (χ4v) is 1.84. The van der Waals surface area contributed by atoms with E-state index >= 15 is 0 Å². The van der Waals surface area contributed by atoms with Gasteiger partial charge in [0.15, 0.2) is 0 Å². The number of nitrogens with zero attached hydrogens (tertiary/aromatic N) is 1. The van der Waals surface area contributed by atoms with Crippen molar-refractivity contribution in [1.29, 1.82) is 0 Å². The maximum absolute atomic E-state index is 11.8. The van der Waals surface area contributed by atoms with E-state index in [0.29, 0.717) is 25.9 Å². The lowest BCUT2D eigenvalue weighted by Gasteiger charge is -2.16. The molecule has 1 aromatic carbocycles. The third-order valence-electron chi connectivity index (χ3n) is 2.86. The number of esters is 1. The normalized spacial score (nSPS) is 10.4. The number of nitrogens with one attached hydrogen (secondary N) is 1. The van der Waals surface area contributed by atoms with Crippen LogP contribution in [0.15, 0.2) is 24.3 Å². The molecule has 1 aromatic rings. The quantitative estimate of drug-likeness (QED) is 0.773. The molecule has 0 aliphatic heterocycles. The summed E-state index contributed by atoms with van der Waals surface area (Å²) in [5.41, 5.74) is 1.91. The van der Waals surface area contributed by atoms with Crippen molar-refractivity contribution in [3.05, 3.63) is 29.8 Å². The predicted molar refractivity (Wildman–Crippen MR) is 78.6 cm³/mol. The number of amides is 1.